The molecule has 20 heavy (non-hydrogen) atoms. The Morgan fingerprint density at radius 3 is 2.55 bits per heavy atom. The molecule has 0 amide bonds. The molecule has 0 fully saturated rings. The van der Waals surface area contributed by atoms with E-state index in [1.165, 1.54) is 4.85 Å². The van der Waals surface area contributed by atoms with Gasteiger partial charge in [0.1, 0.15) is 11.2 Å². The molecule has 3 rings (SSSR count). The highest BCUT2D eigenvalue weighted by atomic mass is 16.7. The molecule has 3 aromatic rings. The normalized spacial score (nSPS) is 10.7. The maximum Gasteiger partial charge on any atom is 0.334 e. The highest BCUT2D eigenvalue weighted by molar-refractivity contribution is 5.93. The van der Waals surface area contributed by atoms with E-state index in [0.717, 1.165) is 22.2 Å². The van der Waals surface area contributed by atoms with Gasteiger partial charge in [0.2, 0.25) is 0 Å². The zero-order valence-corrected chi connectivity index (χ0v) is 11.1. The van der Waals surface area contributed by atoms with Crippen molar-refractivity contribution < 1.29 is 9.63 Å². The molecular formula is C16H14N2O2. The van der Waals surface area contributed by atoms with Crippen molar-refractivity contribution in [3.05, 3.63) is 54.6 Å². The van der Waals surface area contributed by atoms with Gasteiger partial charge in [-0.2, -0.15) is 0 Å². The fourth-order valence-electron chi connectivity index (χ4n) is 2.08. The van der Waals surface area contributed by atoms with Crippen molar-refractivity contribution in [2.75, 3.05) is 0 Å². The lowest BCUT2D eigenvalue weighted by Crippen LogP contribution is -2.19. The topological polar surface area (TPSA) is 44.1 Å². The van der Waals surface area contributed by atoms with E-state index in [-0.39, 0.29) is 5.97 Å². The Morgan fingerprint density at radius 1 is 1.10 bits per heavy atom. The highest BCUT2D eigenvalue weighted by Crippen LogP contribution is 2.27. The lowest BCUT2D eigenvalue weighted by atomic mass is 10.1. The third-order valence-electron chi connectivity index (χ3n) is 3.08. The molecule has 0 aliphatic heterocycles. The molecule has 0 radical (unpaired) electrons. The molecule has 0 aliphatic carbocycles. The largest absolute Gasteiger partial charge is 0.334 e. The van der Waals surface area contributed by atoms with E-state index < -0.39 is 0 Å². The van der Waals surface area contributed by atoms with Crippen LogP contribution in [0.2, 0.25) is 0 Å². The van der Waals surface area contributed by atoms with Crippen LogP contribution in [0.5, 0.6) is 0 Å². The summed E-state index contributed by atoms with van der Waals surface area (Å²) in [6, 6.07) is 17.6. The van der Waals surface area contributed by atoms with Gasteiger partial charge >= 0.3 is 5.97 Å². The van der Waals surface area contributed by atoms with Crippen LogP contribution >= 0.6 is 0 Å². The standard InChI is InChI=1S/C16H14N2O2/c1-2-15(19)20-18-14-11-7-6-10-13(14)16(17-18)12-8-4-3-5-9-12/h3-11H,2H2,1H3. The maximum absolute atomic E-state index is 11.5. The molecule has 0 spiro atoms. The van der Waals surface area contributed by atoms with Gasteiger partial charge in [0.25, 0.3) is 0 Å². The highest BCUT2D eigenvalue weighted by Gasteiger charge is 2.14. The van der Waals surface area contributed by atoms with E-state index >= 15 is 0 Å². The first-order valence-corrected chi connectivity index (χ1v) is 6.54. The van der Waals surface area contributed by atoms with Gasteiger partial charge in [-0.1, -0.05) is 60.3 Å². The van der Waals surface area contributed by atoms with Crippen LogP contribution in [-0.2, 0) is 4.79 Å². The molecule has 2 aromatic carbocycles. The molecular weight excluding hydrogens is 252 g/mol. The molecule has 4 heteroatoms. The number of nitrogens with zero attached hydrogens (tertiary/aromatic N) is 2. The molecule has 0 bridgehead atoms. The summed E-state index contributed by atoms with van der Waals surface area (Å²) in [5.41, 5.74) is 2.59. The number of rotatable bonds is 3. The van der Waals surface area contributed by atoms with Gasteiger partial charge < -0.3 is 4.84 Å². The Labute approximate surface area is 116 Å². The Hall–Kier alpha value is -2.62. The molecule has 0 aliphatic rings. The van der Waals surface area contributed by atoms with Crippen molar-refractivity contribution in [3.8, 4) is 11.3 Å². The van der Waals surface area contributed by atoms with Gasteiger partial charge in [0.15, 0.2) is 0 Å². The van der Waals surface area contributed by atoms with Crippen LogP contribution < -0.4 is 4.84 Å². The van der Waals surface area contributed by atoms with Crippen molar-refractivity contribution in [1.82, 2.24) is 9.94 Å². The first kappa shape index (κ1) is 12.4. The number of hydrogen-bond acceptors (Lipinski definition) is 3. The first-order valence-electron chi connectivity index (χ1n) is 6.54. The minimum atomic E-state index is -0.308. The van der Waals surface area contributed by atoms with Crippen molar-refractivity contribution in [3.63, 3.8) is 0 Å². The number of aromatic nitrogens is 2. The van der Waals surface area contributed by atoms with Crippen LogP contribution in [0.3, 0.4) is 0 Å². The van der Waals surface area contributed by atoms with E-state index in [1.54, 1.807) is 6.92 Å². The molecule has 100 valence electrons. The predicted octanol–water partition coefficient (Wildman–Crippen LogP) is 3.07. The van der Waals surface area contributed by atoms with Crippen molar-refractivity contribution >= 4 is 16.9 Å². The number of carbonyl (C=O) groups excluding carboxylic acids is 1. The van der Waals surface area contributed by atoms with E-state index in [0.29, 0.717) is 6.42 Å². The Bertz CT molecular complexity index is 748. The quantitative estimate of drug-likeness (QED) is 0.731. The number of benzene rings is 2. The fourth-order valence-corrected chi connectivity index (χ4v) is 2.08. The first-order chi connectivity index (χ1) is 9.79. The Morgan fingerprint density at radius 2 is 1.80 bits per heavy atom. The molecule has 0 saturated carbocycles. The molecule has 4 nitrogen and oxygen atoms in total. The minimum Gasteiger partial charge on any atom is -0.319 e. The average molecular weight is 266 g/mol. The summed E-state index contributed by atoms with van der Waals surface area (Å²) in [5.74, 6) is -0.308. The summed E-state index contributed by atoms with van der Waals surface area (Å²) in [7, 11) is 0. The summed E-state index contributed by atoms with van der Waals surface area (Å²) < 4.78 is 0. The maximum atomic E-state index is 11.5. The average Bonchev–Trinajstić information content (AvgIpc) is 2.87. The van der Waals surface area contributed by atoms with Gasteiger partial charge in [-0.3, -0.25) is 0 Å². The van der Waals surface area contributed by atoms with Gasteiger partial charge in [-0.05, 0) is 6.07 Å². The van der Waals surface area contributed by atoms with Crippen LogP contribution in [-0.4, -0.2) is 15.9 Å². The van der Waals surface area contributed by atoms with E-state index in [9.17, 15) is 4.79 Å². The fraction of sp³-hybridized carbons (Fsp3) is 0.125. The zero-order chi connectivity index (χ0) is 13.9. The lowest BCUT2D eigenvalue weighted by Gasteiger charge is -2.01. The summed E-state index contributed by atoms with van der Waals surface area (Å²) >= 11 is 0. The lowest BCUT2D eigenvalue weighted by molar-refractivity contribution is -0.144. The summed E-state index contributed by atoms with van der Waals surface area (Å²) in [6.07, 6.45) is 0.314. The van der Waals surface area contributed by atoms with Crippen molar-refractivity contribution in [2.24, 2.45) is 0 Å². The zero-order valence-electron chi connectivity index (χ0n) is 11.1. The molecule has 0 saturated heterocycles. The second kappa shape index (κ2) is 5.17. The summed E-state index contributed by atoms with van der Waals surface area (Å²) in [4.78, 5) is 18.0. The number of para-hydroxylation sites is 1. The molecule has 1 heterocycles. The van der Waals surface area contributed by atoms with E-state index in [1.807, 2.05) is 54.6 Å². The van der Waals surface area contributed by atoms with Crippen LogP contribution in [0, 0.1) is 0 Å². The van der Waals surface area contributed by atoms with E-state index in [4.69, 9.17) is 4.84 Å². The van der Waals surface area contributed by atoms with Crippen LogP contribution in [0.4, 0.5) is 0 Å². The number of fused-ring (bicyclic) bond motifs is 1. The number of hydrogen-bond donors (Lipinski definition) is 0. The molecule has 0 atom stereocenters. The summed E-state index contributed by atoms with van der Waals surface area (Å²) in [6.45, 7) is 1.76. The van der Waals surface area contributed by atoms with Crippen LogP contribution in [0.15, 0.2) is 54.6 Å². The van der Waals surface area contributed by atoms with Gasteiger partial charge in [0, 0.05) is 17.4 Å². The van der Waals surface area contributed by atoms with Gasteiger partial charge in [0.05, 0.1) is 0 Å². The minimum absolute atomic E-state index is 0.308. The summed E-state index contributed by atoms with van der Waals surface area (Å²) in [5, 5.41) is 5.38. The van der Waals surface area contributed by atoms with Gasteiger partial charge in [-0.25, -0.2) is 4.79 Å². The molecule has 1 aromatic heterocycles. The predicted molar refractivity (Wildman–Crippen MR) is 77.0 cm³/mol. The van der Waals surface area contributed by atoms with Crippen LogP contribution in [0.1, 0.15) is 13.3 Å². The Kier molecular flexibility index (Phi) is 3.21. The third kappa shape index (κ3) is 2.16. The number of carbonyl (C=O) groups is 1. The monoisotopic (exact) mass is 266 g/mol. The Balaban J connectivity index is 2.16. The SMILES string of the molecule is CCC(=O)On1nc(-c2ccccc2)c2ccccc21. The van der Waals surface area contributed by atoms with Crippen molar-refractivity contribution in [2.45, 2.75) is 13.3 Å². The molecule has 0 N–H and O–H groups in total. The third-order valence-corrected chi connectivity index (χ3v) is 3.08. The van der Waals surface area contributed by atoms with Crippen molar-refractivity contribution in [1.29, 1.82) is 0 Å². The smallest absolute Gasteiger partial charge is 0.319 e. The van der Waals surface area contributed by atoms with Gasteiger partial charge in [-0.15, -0.1) is 5.10 Å². The second-order valence-corrected chi connectivity index (χ2v) is 4.42. The molecule has 0 unspecified atom stereocenters. The second-order valence-electron chi connectivity index (χ2n) is 4.42. The van der Waals surface area contributed by atoms with E-state index in [2.05, 4.69) is 5.10 Å². The van der Waals surface area contributed by atoms with Crippen LogP contribution in [0.25, 0.3) is 22.2 Å².